The highest BCUT2D eigenvalue weighted by atomic mass is 16.5. The molecule has 9 nitrogen and oxygen atoms in total. The van der Waals surface area contributed by atoms with Gasteiger partial charge in [-0.3, -0.25) is 14.4 Å². The molecule has 166 valence electrons. The molecule has 3 rings (SSSR count). The van der Waals surface area contributed by atoms with Gasteiger partial charge in [0.05, 0.1) is 24.8 Å². The van der Waals surface area contributed by atoms with E-state index in [9.17, 15) is 19.2 Å². The van der Waals surface area contributed by atoms with Gasteiger partial charge in [-0.05, 0) is 62.2 Å². The monoisotopic (exact) mass is 437 g/mol. The van der Waals surface area contributed by atoms with Gasteiger partial charge in [0.2, 0.25) is 0 Å². The van der Waals surface area contributed by atoms with E-state index in [4.69, 9.17) is 9.15 Å². The summed E-state index contributed by atoms with van der Waals surface area (Å²) in [4.78, 5) is 48.3. The maximum Gasteiger partial charge on any atom is 0.340 e. The highest BCUT2D eigenvalue weighted by Crippen LogP contribution is 2.25. The van der Waals surface area contributed by atoms with E-state index in [0.717, 1.165) is 11.1 Å². The topological polar surface area (TPSA) is 127 Å². The van der Waals surface area contributed by atoms with Crippen molar-refractivity contribution < 1.29 is 28.3 Å². The molecule has 0 atom stereocenters. The molecule has 2 heterocycles. The summed E-state index contributed by atoms with van der Waals surface area (Å²) in [5.41, 5.74) is 3.24. The van der Waals surface area contributed by atoms with E-state index in [0.29, 0.717) is 22.9 Å². The Bertz CT molecular complexity index is 1170. The molecule has 3 amide bonds. The number of benzene rings is 1. The number of esters is 1. The molecule has 3 N–H and O–H groups in total. The molecule has 1 aliphatic heterocycles. The quantitative estimate of drug-likeness (QED) is 0.374. The normalized spacial score (nSPS) is 14.4. The van der Waals surface area contributed by atoms with Gasteiger partial charge in [0.15, 0.2) is 0 Å². The number of methoxy groups -OCH3 is 1. The SMILES string of the molecule is COC(=O)C1=C(C)NC(=O)/C1=C/c1ccc(CNC(=O)C(=O)Nc2ccc(C)c(C)c2)o1. The number of allylic oxidation sites excluding steroid dienone is 1. The fourth-order valence-corrected chi connectivity index (χ4v) is 3.08. The van der Waals surface area contributed by atoms with Crippen molar-refractivity contribution in [2.45, 2.75) is 27.3 Å². The number of carbonyl (C=O) groups excluding carboxylic acids is 4. The second-order valence-electron chi connectivity index (χ2n) is 7.24. The lowest BCUT2D eigenvalue weighted by molar-refractivity contribution is -0.136. The van der Waals surface area contributed by atoms with Crippen molar-refractivity contribution in [1.82, 2.24) is 10.6 Å². The van der Waals surface area contributed by atoms with Crippen LogP contribution in [0.25, 0.3) is 6.08 Å². The van der Waals surface area contributed by atoms with E-state index in [2.05, 4.69) is 16.0 Å². The van der Waals surface area contributed by atoms with Crippen LogP contribution >= 0.6 is 0 Å². The maximum absolute atomic E-state index is 12.1. The number of furan rings is 1. The van der Waals surface area contributed by atoms with Crippen LogP contribution in [0.1, 0.15) is 29.6 Å². The van der Waals surface area contributed by atoms with Crippen molar-refractivity contribution in [3.05, 3.63) is 69.8 Å². The van der Waals surface area contributed by atoms with E-state index in [1.54, 1.807) is 31.2 Å². The molecule has 2 aromatic rings. The molecule has 0 radical (unpaired) electrons. The average Bonchev–Trinajstić information content (AvgIpc) is 3.32. The van der Waals surface area contributed by atoms with Crippen LogP contribution in [-0.2, 0) is 30.5 Å². The summed E-state index contributed by atoms with van der Waals surface area (Å²) in [6, 6.07) is 8.53. The van der Waals surface area contributed by atoms with Gasteiger partial charge in [-0.15, -0.1) is 0 Å². The van der Waals surface area contributed by atoms with Gasteiger partial charge >= 0.3 is 17.8 Å². The molecule has 0 unspecified atom stereocenters. The van der Waals surface area contributed by atoms with E-state index in [1.807, 2.05) is 19.9 Å². The first-order chi connectivity index (χ1) is 15.2. The van der Waals surface area contributed by atoms with Crippen molar-refractivity contribution in [3.63, 3.8) is 0 Å². The predicted octanol–water partition coefficient (Wildman–Crippen LogP) is 2.11. The standard InChI is InChI=1S/C23H23N3O6/c1-12-5-6-15(9-13(12)2)26-22(29)21(28)24-11-17-8-7-16(32-17)10-18-19(23(30)31-4)14(3)25-20(18)27/h5-10H,11H2,1-4H3,(H,24,28)(H,25,27)(H,26,29)/b18-10+. The van der Waals surface area contributed by atoms with Crippen molar-refractivity contribution >= 4 is 35.5 Å². The molecule has 0 aliphatic carbocycles. The molecule has 0 spiro atoms. The fraction of sp³-hybridized carbons (Fsp3) is 0.217. The van der Waals surface area contributed by atoms with Crippen LogP contribution in [0.5, 0.6) is 0 Å². The van der Waals surface area contributed by atoms with E-state index in [1.165, 1.54) is 13.2 Å². The van der Waals surface area contributed by atoms with Gasteiger partial charge in [0.25, 0.3) is 5.91 Å². The highest BCUT2D eigenvalue weighted by molar-refractivity contribution is 6.39. The number of amides is 3. The Kier molecular flexibility index (Phi) is 6.58. The van der Waals surface area contributed by atoms with Crippen LogP contribution in [0.3, 0.4) is 0 Å². The lowest BCUT2D eigenvalue weighted by atomic mass is 10.1. The first-order valence-electron chi connectivity index (χ1n) is 9.77. The largest absolute Gasteiger partial charge is 0.465 e. The molecule has 0 bridgehead atoms. The summed E-state index contributed by atoms with van der Waals surface area (Å²) in [6.07, 6.45) is 1.41. The summed E-state index contributed by atoms with van der Waals surface area (Å²) in [7, 11) is 1.23. The number of anilines is 1. The zero-order valence-electron chi connectivity index (χ0n) is 18.1. The number of hydrogen-bond donors (Lipinski definition) is 3. The van der Waals surface area contributed by atoms with Crippen molar-refractivity contribution in [2.75, 3.05) is 12.4 Å². The summed E-state index contributed by atoms with van der Waals surface area (Å²) in [6.45, 7) is 5.42. The third-order valence-corrected chi connectivity index (χ3v) is 4.94. The van der Waals surface area contributed by atoms with Crippen molar-refractivity contribution in [1.29, 1.82) is 0 Å². The van der Waals surface area contributed by atoms with Crippen LogP contribution in [0.2, 0.25) is 0 Å². The van der Waals surface area contributed by atoms with Crippen LogP contribution < -0.4 is 16.0 Å². The molecule has 32 heavy (non-hydrogen) atoms. The Morgan fingerprint density at radius 1 is 1.06 bits per heavy atom. The predicted molar refractivity (Wildman–Crippen MR) is 116 cm³/mol. The van der Waals surface area contributed by atoms with Crippen LogP contribution in [0.4, 0.5) is 5.69 Å². The zero-order chi connectivity index (χ0) is 23.4. The van der Waals surface area contributed by atoms with Gasteiger partial charge in [-0.1, -0.05) is 6.07 Å². The minimum absolute atomic E-state index is 0.0344. The number of carbonyl (C=O) groups is 4. The molecule has 0 saturated heterocycles. The molecule has 0 saturated carbocycles. The number of rotatable bonds is 5. The van der Waals surface area contributed by atoms with Gasteiger partial charge in [0.1, 0.15) is 11.5 Å². The minimum atomic E-state index is -0.818. The molecule has 1 aliphatic rings. The molecule has 0 fully saturated rings. The Morgan fingerprint density at radius 3 is 2.50 bits per heavy atom. The first kappa shape index (κ1) is 22.5. The van der Waals surface area contributed by atoms with Crippen molar-refractivity contribution in [2.24, 2.45) is 0 Å². The van der Waals surface area contributed by atoms with Crippen LogP contribution in [0.15, 0.2) is 51.6 Å². The smallest absolute Gasteiger partial charge is 0.340 e. The lowest BCUT2D eigenvalue weighted by Crippen LogP contribution is -2.34. The number of hydrogen-bond acceptors (Lipinski definition) is 6. The van der Waals surface area contributed by atoms with Gasteiger partial charge in [-0.25, -0.2) is 4.79 Å². The molecular formula is C23H23N3O6. The lowest BCUT2D eigenvalue weighted by Gasteiger charge is -2.07. The van der Waals surface area contributed by atoms with E-state index < -0.39 is 23.7 Å². The Hall–Kier alpha value is -4.14. The van der Waals surface area contributed by atoms with Gasteiger partial charge in [-0.2, -0.15) is 0 Å². The third-order valence-electron chi connectivity index (χ3n) is 4.94. The summed E-state index contributed by atoms with van der Waals surface area (Å²) in [5.74, 6) is -2.04. The zero-order valence-corrected chi connectivity index (χ0v) is 18.1. The highest BCUT2D eigenvalue weighted by Gasteiger charge is 2.31. The molecule has 9 heteroatoms. The molecular weight excluding hydrogens is 414 g/mol. The fourth-order valence-electron chi connectivity index (χ4n) is 3.08. The van der Waals surface area contributed by atoms with E-state index in [-0.39, 0.29) is 17.7 Å². The van der Waals surface area contributed by atoms with Gasteiger partial charge in [0, 0.05) is 11.4 Å². The van der Waals surface area contributed by atoms with E-state index >= 15 is 0 Å². The summed E-state index contributed by atoms with van der Waals surface area (Å²) in [5, 5.41) is 7.59. The Morgan fingerprint density at radius 2 is 1.81 bits per heavy atom. The number of aryl methyl sites for hydroxylation is 2. The Labute approximate surface area is 184 Å². The summed E-state index contributed by atoms with van der Waals surface area (Å²) >= 11 is 0. The molecule has 1 aromatic heterocycles. The second-order valence-corrected chi connectivity index (χ2v) is 7.24. The van der Waals surface area contributed by atoms with Gasteiger partial charge < -0.3 is 25.1 Å². The number of nitrogens with one attached hydrogen (secondary N) is 3. The average molecular weight is 437 g/mol. The summed E-state index contributed by atoms with van der Waals surface area (Å²) < 4.78 is 10.3. The first-order valence-corrected chi connectivity index (χ1v) is 9.77. The Balaban J connectivity index is 1.62. The van der Waals surface area contributed by atoms with Crippen LogP contribution in [0, 0.1) is 13.8 Å². The third kappa shape index (κ3) is 4.94. The second kappa shape index (κ2) is 9.34. The molecule has 1 aromatic carbocycles. The van der Waals surface area contributed by atoms with Crippen molar-refractivity contribution in [3.8, 4) is 0 Å². The van der Waals surface area contributed by atoms with Crippen LogP contribution in [-0.4, -0.2) is 30.8 Å². The minimum Gasteiger partial charge on any atom is -0.465 e. The number of ether oxygens (including phenoxy) is 1. The maximum atomic E-state index is 12.1.